The predicted octanol–water partition coefficient (Wildman–Crippen LogP) is 19.4. The quantitative estimate of drug-likeness (QED) is 0.0278. The second-order valence-electron chi connectivity index (χ2n) is 19.0. The predicted molar refractivity (Wildman–Crippen MR) is 301 cm³/mol. The van der Waals surface area contributed by atoms with Crippen molar-refractivity contribution < 1.29 is 18.9 Å². The summed E-state index contributed by atoms with van der Waals surface area (Å²) in [4.78, 5) is 0. The molecule has 0 aliphatic carbocycles. The van der Waals surface area contributed by atoms with Gasteiger partial charge in [-0.05, 0) is 98.5 Å². The SMILES string of the molecule is CCCCCCCCOc1cc(OCCCCCCCC)cc(-c2nnc(-c3ccc(N=Nc4ccc(-c5nnc(-c6cc(OCCCCCCCC)cc(OCCCCCCCC)c6)s5)cc4)cc3)s2)c1. The maximum atomic E-state index is 6.28. The van der Waals surface area contributed by atoms with E-state index in [1.807, 2.05) is 60.7 Å². The fraction of sp³-hybridized carbons (Fsp3) is 0.533. The van der Waals surface area contributed by atoms with Gasteiger partial charge in [0.05, 0.1) is 37.8 Å². The van der Waals surface area contributed by atoms with Gasteiger partial charge < -0.3 is 18.9 Å². The molecule has 10 nitrogen and oxygen atoms in total. The van der Waals surface area contributed by atoms with Gasteiger partial charge in [0.2, 0.25) is 0 Å². The summed E-state index contributed by atoms with van der Waals surface area (Å²) in [5.41, 5.74) is 5.34. The lowest BCUT2D eigenvalue weighted by Gasteiger charge is -2.12. The Kier molecular flexibility index (Phi) is 26.1. The summed E-state index contributed by atoms with van der Waals surface area (Å²) in [7, 11) is 0. The number of unbranched alkanes of at least 4 members (excludes halogenated alkanes) is 20. The van der Waals surface area contributed by atoms with Gasteiger partial charge in [-0.25, -0.2) is 0 Å². The van der Waals surface area contributed by atoms with Crippen LogP contribution < -0.4 is 18.9 Å². The number of rotatable bonds is 38. The van der Waals surface area contributed by atoms with Crippen LogP contribution in [-0.2, 0) is 0 Å². The third-order valence-corrected chi connectivity index (χ3v) is 14.7. The zero-order valence-electron chi connectivity index (χ0n) is 44.0. The van der Waals surface area contributed by atoms with Crippen LogP contribution in [-0.4, -0.2) is 46.8 Å². The molecule has 2 heterocycles. The van der Waals surface area contributed by atoms with E-state index in [1.54, 1.807) is 22.7 Å². The average Bonchev–Trinajstić information content (AvgIpc) is 4.12. The molecule has 0 radical (unpaired) electrons. The number of benzene rings is 4. The molecule has 0 spiro atoms. The second-order valence-corrected chi connectivity index (χ2v) is 20.9. The molecule has 72 heavy (non-hydrogen) atoms. The van der Waals surface area contributed by atoms with Crippen molar-refractivity contribution in [3.8, 4) is 65.3 Å². The van der Waals surface area contributed by atoms with Crippen molar-refractivity contribution in [1.29, 1.82) is 0 Å². The first-order valence-corrected chi connectivity index (χ1v) is 29.3. The van der Waals surface area contributed by atoms with Crippen LogP contribution in [0.3, 0.4) is 0 Å². The molecule has 2 aromatic heterocycles. The molecule has 0 aliphatic rings. The van der Waals surface area contributed by atoms with Gasteiger partial charge in [-0.2, -0.15) is 10.2 Å². The van der Waals surface area contributed by atoms with Crippen molar-refractivity contribution in [2.45, 2.75) is 182 Å². The third kappa shape index (κ3) is 20.4. The van der Waals surface area contributed by atoms with Crippen molar-refractivity contribution >= 4 is 34.0 Å². The molecule has 12 heteroatoms. The highest BCUT2D eigenvalue weighted by Gasteiger charge is 2.15. The Hall–Kier alpha value is -5.20. The van der Waals surface area contributed by atoms with Gasteiger partial charge in [0, 0.05) is 34.4 Å². The summed E-state index contributed by atoms with van der Waals surface area (Å²) in [6.07, 6.45) is 29.4. The van der Waals surface area contributed by atoms with Gasteiger partial charge in [0.25, 0.3) is 0 Å². The summed E-state index contributed by atoms with van der Waals surface area (Å²) in [6, 6.07) is 28.2. The topological polar surface area (TPSA) is 113 Å². The standard InChI is InChI=1S/C60H82N6O4S2/c1-5-9-13-17-21-25-37-67-53-41-49(42-54(45-53)68-38-26-22-18-14-10-6-2)59-65-63-57(71-59)47-29-33-51(34-30-47)61-62-52-35-31-48(32-36-52)58-64-66-60(72-58)50-43-55(69-39-27-23-19-15-11-7-3)46-56(44-50)70-40-28-24-20-16-12-8-4/h29-36,41-46H,5-28,37-40H2,1-4H3. The van der Waals surface area contributed by atoms with E-state index in [-0.39, 0.29) is 0 Å². The normalized spacial score (nSPS) is 11.4. The molecule has 0 fully saturated rings. The van der Waals surface area contributed by atoms with Gasteiger partial charge >= 0.3 is 0 Å². The summed E-state index contributed by atoms with van der Waals surface area (Å²) < 4.78 is 25.1. The Morgan fingerprint density at radius 3 is 0.833 bits per heavy atom. The van der Waals surface area contributed by atoms with E-state index in [4.69, 9.17) is 18.9 Å². The average molecular weight is 1020 g/mol. The Morgan fingerprint density at radius 1 is 0.306 bits per heavy atom. The maximum absolute atomic E-state index is 6.28. The number of hydrogen-bond donors (Lipinski definition) is 0. The highest BCUT2D eigenvalue weighted by atomic mass is 32.1. The zero-order chi connectivity index (χ0) is 50.3. The van der Waals surface area contributed by atoms with Crippen LogP contribution in [0.5, 0.6) is 23.0 Å². The molecule has 0 saturated heterocycles. The van der Waals surface area contributed by atoms with Gasteiger partial charge in [-0.15, -0.1) is 20.4 Å². The van der Waals surface area contributed by atoms with Crippen LogP contribution in [0, 0.1) is 0 Å². The number of aromatic nitrogens is 4. The summed E-state index contributed by atoms with van der Waals surface area (Å²) >= 11 is 3.11. The highest BCUT2D eigenvalue weighted by Crippen LogP contribution is 2.37. The Morgan fingerprint density at radius 2 is 0.556 bits per heavy atom. The van der Waals surface area contributed by atoms with E-state index < -0.39 is 0 Å². The van der Waals surface area contributed by atoms with Crippen LogP contribution in [0.25, 0.3) is 42.3 Å². The van der Waals surface area contributed by atoms with E-state index in [0.29, 0.717) is 26.4 Å². The molecule has 388 valence electrons. The van der Waals surface area contributed by atoms with E-state index in [1.165, 1.54) is 128 Å². The molecule has 4 aromatic carbocycles. The molecule has 6 rings (SSSR count). The fourth-order valence-corrected chi connectivity index (χ4v) is 10.1. The molecule has 0 bridgehead atoms. The molecular weight excluding hydrogens is 933 g/mol. The molecule has 6 aromatic rings. The number of ether oxygens (including phenoxy) is 4. The first kappa shape index (κ1) is 56.1. The molecule has 0 atom stereocenters. The minimum absolute atomic E-state index is 0.691. The monoisotopic (exact) mass is 1010 g/mol. The van der Waals surface area contributed by atoms with Gasteiger partial charge in [-0.3, -0.25) is 0 Å². The first-order valence-electron chi connectivity index (χ1n) is 27.7. The summed E-state index contributed by atoms with van der Waals surface area (Å²) in [5, 5.41) is 30.8. The van der Waals surface area contributed by atoms with Crippen molar-refractivity contribution in [2.24, 2.45) is 10.2 Å². The molecule has 0 unspecified atom stereocenters. The Labute approximate surface area is 439 Å². The molecular formula is C60H82N6O4S2. The van der Waals surface area contributed by atoms with E-state index in [2.05, 4.69) is 82.6 Å². The van der Waals surface area contributed by atoms with E-state index >= 15 is 0 Å². The van der Waals surface area contributed by atoms with E-state index in [0.717, 1.165) is 102 Å². The lowest BCUT2D eigenvalue weighted by molar-refractivity contribution is 0.289. The smallest absolute Gasteiger partial charge is 0.148 e. The van der Waals surface area contributed by atoms with E-state index in [9.17, 15) is 0 Å². The van der Waals surface area contributed by atoms with Gasteiger partial charge in [-0.1, -0.05) is 179 Å². The fourth-order valence-electron chi connectivity index (χ4n) is 8.38. The van der Waals surface area contributed by atoms with Crippen LogP contribution in [0.4, 0.5) is 11.4 Å². The Balaban J connectivity index is 1.05. The highest BCUT2D eigenvalue weighted by molar-refractivity contribution is 7.18. The molecule has 0 saturated carbocycles. The largest absolute Gasteiger partial charge is 0.493 e. The molecule has 0 amide bonds. The van der Waals surface area contributed by atoms with Crippen molar-refractivity contribution in [3.05, 3.63) is 84.9 Å². The Bertz CT molecular complexity index is 2180. The summed E-state index contributed by atoms with van der Waals surface area (Å²) in [5.74, 6) is 3.26. The first-order chi connectivity index (χ1) is 35.5. The zero-order valence-corrected chi connectivity index (χ0v) is 45.6. The lowest BCUT2D eigenvalue weighted by Crippen LogP contribution is -2.00. The number of nitrogens with zero attached hydrogens (tertiary/aromatic N) is 6. The minimum atomic E-state index is 0.691. The van der Waals surface area contributed by atoms with Crippen molar-refractivity contribution in [2.75, 3.05) is 26.4 Å². The minimum Gasteiger partial charge on any atom is -0.493 e. The van der Waals surface area contributed by atoms with Gasteiger partial charge in [0.1, 0.15) is 43.0 Å². The van der Waals surface area contributed by atoms with Crippen molar-refractivity contribution in [3.63, 3.8) is 0 Å². The third-order valence-electron chi connectivity index (χ3n) is 12.7. The van der Waals surface area contributed by atoms with Crippen LogP contribution in [0.2, 0.25) is 0 Å². The molecule has 0 aliphatic heterocycles. The van der Waals surface area contributed by atoms with Crippen LogP contribution >= 0.6 is 22.7 Å². The maximum Gasteiger partial charge on any atom is 0.148 e. The lowest BCUT2D eigenvalue weighted by atomic mass is 10.1. The summed E-state index contributed by atoms with van der Waals surface area (Å²) in [6.45, 7) is 11.8. The number of hydrogen-bond acceptors (Lipinski definition) is 12. The van der Waals surface area contributed by atoms with Crippen LogP contribution in [0.15, 0.2) is 95.2 Å². The molecule has 0 N–H and O–H groups in total. The van der Waals surface area contributed by atoms with Crippen molar-refractivity contribution in [1.82, 2.24) is 20.4 Å². The second kappa shape index (κ2) is 33.5. The number of azo groups is 1. The van der Waals surface area contributed by atoms with Gasteiger partial charge in [0.15, 0.2) is 0 Å². The van der Waals surface area contributed by atoms with Crippen LogP contribution in [0.1, 0.15) is 182 Å².